The highest BCUT2D eigenvalue weighted by molar-refractivity contribution is 7.15. The van der Waals surface area contributed by atoms with Crippen LogP contribution < -0.4 is 10.1 Å². The Hall–Kier alpha value is -2.67. The molecule has 2 aromatic heterocycles. The van der Waals surface area contributed by atoms with E-state index in [1.54, 1.807) is 22.2 Å². The first-order valence-electron chi connectivity index (χ1n) is 8.82. The average molecular weight is 368 g/mol. The van der Waals surface area contributed by atoms with Gasteiger partial charge in [0.2, 0.25) is 0 Å². The Labute approximate surface area is 155 Å². The first-order valence-corrected chi connectivity index (χ1v) is 9.64. The second kappa shape index (κ2) is 7.29. The number of nitrogens with zero attached hydrogens (tertiary/aromatic N) is 3. The quantitative estimate of drug-likeness (QED) is 0.742. The number of hydrogen-bond donors (Lipinski definition) is 1. The molecule has 1 aliphatic rings. The fraction of sp³-hybridized carbons (Fsp3) is 0.316. The summed E-state index contributed by atoms with van der Waals surface area (Å²) in [5.74, 6) is 0.171. The summed E-state index contributed by atoms with van der Waals surface area (Å²) < 4.78 is 7.28. The monoisotopic (exact) mass is 368 g/mol. The third-order valence-corrected chi connectivity index (χ3v) is 5.36. The number of carbonyl (C=O) groups is 1. The molecule has 0 fully saturated rings. The standard InChI is InChI=1S/C19H20N4O2S/c1-2-25-15-12-23(13-8-4-3-5-9-13)22-17(15)18(24)21-19-20-14-10-6-7-11-16(14)26-19/h3-5,8-9,12H,2,6-7,10-11H2,1H3,(H,20,21,24). The molecular formula is C19H20N4O2S. The van der Waals surface area contributed by atoms with E-state index >= 15 is 0 Å². The van der Waals surface area contributed by atoms with E-state index in [0.717, 1.165) is 24.2 Å². The molecule has 0 spiro atoms. The van der Waals surface area contributed by atoms with Crippen LogP contribution >= 0.6 is 11.3 Å². The fourth-order valence-corrected chi connectivity index (χ4v) is 4.10. The van der Waals surface area contributed by atoms with Gasteiger partial charge in [-0.15, -0.1) is 11.3 Å². The van der Waals surface area contributed by atoms with Gasteiger partial charge in [0.05, 0.1) is 24.2 Å². The summed E-state index contributed by atoms with van der Waals surface area (Å²) in [5, 5.41) is 7.96. The minimum absolute atomic E-state index is 0.267. The van der Waals surface area contributed by atoms with Gasteiger partial charge in [-0.3, -0.25) is 10.1 Å². The van der Waals surface area contributed by atoms with E-state index in [0.29, 0.717) is 17.5 Å². The number of amides is 1. The molecule has 0 bridgehead atoms. The Balaban J connectivity index is 1.60. The predicted molar refractivity (Wildman–Crippen MR) is 101 cm³/mol. The van der Waals surface area contributed by atoms with Gasteiger partial charge in [-0.05, 0) is 44.7 Å². The number of aryl methyl sites for hydroxylation is 2. The highest BCUT2D eigenvalue weighted by Crippen LogP contribution is 2.30. The molecule has 7 heteroatoms. The van der Waals surface area contributed by atoms with E-state index in [4.69, 9.17) is 4.74 Å². The normalized spacial score (nSPS) is 13.3. The SMILES string of the molecule is CCOc1cn(-c2ccccc2)nc1C(=O)Nc1nc2c(s1)CCCC2. The van der Waals surface area contributed by atoms with E-state index < -0.39 is 0 Å². The summed E-state index contributed by atoms with van der Waals surface area (Å²) in [6.07, 6.45) is 6.14. The Morgan fingerprint density at radius 3 is 2.85 bits per heavy atom. The van der Waals surface area contributed by atoms with Gasteiger partial charge < -0.3 is 4.74 Å². The van der Waals surface area contributed by atoms with Crippen molar-refractivity contribution in [2.75, 3.05) is 11.9 Å². The van der Waals surface area contributed by atoms with Crippen molar-refractivity contribution in [1.82, 2.24) is 14.8 Å². The third kappa shape index (κ3) is 3.35. The maximum atomic E-state index is 12.8. The Morgan fingerprint density at radius 2 is 2.08 bits per heavy atom. The van der Waals surface area contributed by atoms with Gasteiger partial charge in [0.25, 0.3) is 5.91 Å². The number of carbonyl (C=O) groups excluding carboxylic acids is 1. The third-order valence-electron chi connectivity index (χ3n) is 4.28. The van der Waals surface area contributed by atoms with Gasteiger partial charge in [-0.1, -0.05) is 18.2 Å². The van der Waals surface area contributed by atoms with Crippen LogP contribution in [-0.2, 0) is 12.8 Å². The van der Waals surface area contributed by atoms with Crippen molar-refractivity contribution in [3.05, 3.63) is 52.8 Å². The minimum atomic E-state index is -0.297. The molecule has 4 rings (SSSR count). The van der Waals surface area contributed by atoms with Crippen molar-refractivity contribution in [3.63, 3.8) is 0 Å². The fourth-order valence-electron chi connectivity index (χ4n) is 3.05. The lowest BCUT2D eigenvalue weighted by atomic mass is 10.0. The Kier molecular flexibility index (Phi) is 4.71. The second-order valence-corrected chi connectivity index (χ2v) is 7.19. The van der Waals surface area contributed by atoms with Crippen LogP contribution in [0.1, 0.15) is 40.8 Å². The molecule has 2 heterocycles. The molecule has 1 N–H and O–H groups in total. The molecule has 6 nitrogen and oxygen atoms in total. The van der Waals surface area contributed by atoms with Gasteiger partial charge >= 0.3 is 0 Å². The number of para-hydroxylation sites is 1. The van der Waals surface area contributed by atoms with E-state index in [-0.39, 0.29) is 11.6 Å². The van der Waals surface area contributed by atoms with E-state index in [2.05, 4.69) is 15.4 Å². The molecule has 0 saturated heterocycles. The zero-order valence-corrected chi connectivity index (χ0v) is 15.4. The van der Waals surface area contributed by atoms with Gasteiger partial charge in [0.1, 0.15) is 0 Å². The number of fused-ring (bicyclic) bond motifs is 1. The first kappa shape index (κ1) is 16.8. The molecular weight excluding hydrogens is 348 g/mol. The lowest BCUT2D eigenvalue weighted by molar-refractivity contribution is 0.101. The second-order valence-electron chi connectivity index (χ2n) is 6.11. The highest BCUT2D eigenvalue weighted by atomic mass is 32.1. The predicted octanol–water partition coefficient (Wildman–Crippen LogP) is 3.86. The molecule has 134 valence electrons. The number of anilines is 1. The number of hydrogen-bond acceptors (Lipinski definition) is 5. The zero-order chi connectivity index (χ0) is 17.9. The van der Waals surface area contributed by atoms with Crippen molar-refractivity contribution < 1.29 is 9.53 Å². The van der Waals surface area contributed by atoms with E-state index in [1.807, 2.05) is 37.3 Å². The summed E-state index contributed by atoms with van der Waals surface area (Å²) >= 11 is 1.56. The maximum absolute atomic E-state index is 12.8. The van der Waals surface area contributed by atoms with Crippen molar-refractivity contribution in [2.24, 2.45) is 0 Å². The smallest absolute Gasteiger partial charge is 0.281 e. The minimum Gasteiger partial charge on any atom is -0.490 e. The van der Waals surface area contributed by atoms with Crippen LogP contribution in [-0.4, -0.2) is 27.3 Å². The van der Waals surface area contributed by atoms with Crippen molar-refractivity contribution in [3.8, 4) is 11.4 Å². The summed E-state index contributed by atoms with van der Waals surface area (Å²) in [6.45, 7) is 2.35. The molecule has 0 saturated carbocycles. The van der Waals surface area contributed by atoms with Gasteiger partial charge in [0.15, 0.2) is 16.6 Å². The number of thiazole rings is 1. The lowest BCUT2D eigenvalue weighted by Crippen LogP contribution is -2.14. The van der Waals surface area contributed by atoms with Crippen LogP contribution in [0, 0.1) is 0 Å². The summed E-state index contributed by atoms with van der Waals surface area (Å²) in [7, 11) is 0. The number of benzene rings is 1. The number of ether oxygens (including phenoxy) is 1. The molecule has 0 unspecified atom stereocenters. The Morgan fingerprint density at radius 1 is 1.27 bits per heavy atom. The topological polar surface area (TPSA) is 69.0 Å². The van der Waals surface area contributed by atoms with Crippen LogP contribution in [0.2, 0.25) is 0 Å². The van der Waals surface area contributed by atoms with Crippen LogP contribution in [0.3, 0.4) is 0 Å². The summed E-state index contributed by atoms with van der Waals surface area (Å²) in [6, 6.07) is 9.65. The van der Waals surface area contributed by atoms with Crippen LogP contribution in [0.25, 0.3) is 5.69 Å². The van der Waals surface area contributed by atoms with Gasteiger partial charge in [-0.25, -0.2) is 9.67 Å². The number of nitrogens with one attached hydrogen (secondary N) is 1. The highest BCUT2D eigenvalue weighted by Gasteiger charge is 2.22. The molecule has 1 aromatic carbocycles. The van der Waals surface area contributed by atoms with Crippen molar-refractivity contribution in [1.29, 1.82) is 0 Å². The summed E-state index contributed by atoms with van der Waals surface area (Å²) in [4.78, 5) is 18.6. The Bertz CT molecular complexity index is 894. The van der Waals surface area contributed by atoms with E-state index in [9.17, 15) is 4.79 Å². The van der Waals surface area contributed by atoms with Crippen molar-refractivity contribution >= 4 is 22.4 Å². The molecule has 0 radical (unpaired) electrons. The molecule has 1 aliphatic carbocycles. The molecule has 0 aliphatic heterocycles. The lowest BCUT2D eigenvalue weighted by Gasteiger charge is -2.06. The first-order chi connectivity index (χ1) is 12.7. The van der Waals surface area contributed by atoms with E-state index in [1.165, 1.54) is 17.7 Å². The van der Waals surface area contributed by atoms with Gasteiger partial charge in [-0.2, -0.15) is 5.10 Å². The molecule has 0 atom stereocenters. The van der Waals surface area contributed by atoms with Crippen LogP contribution in [0.4, 0.5) is 5.13 Å². The zero-order valence-electron chi connectivity index (χ0n) is 14.6. The van der Waals surface area contributed by atoms with Crippen LogP contribution in [0.5, 0.6) is 5.75 Å². The summed E-state index contributed by atoms with van der Waals surface area (Å²) in [5.41, 5.74) is 2.26. The van der Waals surface area contributed by atoms with Gasteiger partial charge in [0, 0.05) is 4.88 Å². The van der Waals surface area contributed by atoms with Crippen molar-refractivity contribution in [2.45, 2.75) is 32.6 Å². The maximum Gasteiger partial charge on any atom is 0.281 e. The number of aromatic nitrogens is 3. The number of rotatable bonds is 5. The van der Waals surface area contributed by atoms with Crippen LogP contribution in [0.15, 0.2) is 36.5 Å². The molecule has 26 heavy (non-hydrogen) atoms. The largest absolute Gasteiger partial charge is 0.490 e. The average Bonchev–Trinajstić information content (AvgIpc) is 3.26. The molecule has 3 aromatic rings. The molecule has 1 amide bonds.